The van der Waals surface area contributed by atoms with E-state index in [0.29, 0.717) is 24.0 Å². The van der Waals surface area contributed by atoms with Gasteiger partial charge in [0.05, 0.1) is 6.61 Å². The Labute approximate surface area is 132 Å². The number of aryl methyl sites for hydroxylation is 1. The van der Waals surface area contributed by atoms with Crippen LogP contribution in [-0.4, -0.2) is 49.2 Å². The van der Waals surface area contributed by atoms with Gasteiger partial charge in [-0.15, -0.1) is 0 Å². The number of amides is 1. The molecule has 0 unspecified atom stereocenters. The summed E-state index contributed by atoms with van der Waals surface area (Å²) < 4.78 is 11.0. The molecule has 1 aromatic rings. The quantitative estimate of drug-likeness (QED) is 0.811. The molecule has 0 saturated carbocycles. The van der Waals surface area contributed by atoms with E-state index in [0.717, 1.165) is 44.7 Å². The highest BCUT2D eigenvalue weighted by Gasteiger charge is 2.22. The monoisotopic (exact) mass is 306 g/mol. The fraction of sp³-hybridized carbons (Fsp3) is 0.647. The van der Waals surface area contributed by atoms with Crippen LogP contribution in [0.15, 0.2) is 12.1 Å². The summed E-state index contributed by atoms with van der Waals surface area (Å²) in [4.78, 5) is 18.8. The molecular formula is C17H26N2O3. The van der Waals surface area contributed by atoms with Crippen LogP contribution >= 0.6 is 0 Å². The molecule has 22 heavy (non-hydrogen) atoms. The minimum atomic E-state index is -0.0231. The second-order valence-corrected chi connectivity index (χ2v) is 5.90. The van der Waals surface area contributed by atoms with Gasteiger partial charge in [0.1, 0.15) is 5.56 Å². The zero-order valence-corrected chi connectivity index (χ0v) is 13.8. The number of carbonyl (C=O) groups is 1. The Morgan fingerprint density at radius 1 is 1.41 bits per heavy atom. The number of rotatable bonds is 6. The topological polar surface area (TPSA) is 51.7 Å². The minimum absolute atomic E-state index is 0.0231. The van der Waals surface area contributed by atoms with Crippen LogP contribution < -0.4 is 4.74 Å². The van der Waals surface area contributed by atoms with Gasteiger partial charge in [-0.25, -0.2) is 4.98 Å². The third kappa shape index (κ3) is 4.44. The van der Waals surface area contributed by atoms with Gasteiger partial charge in [0.2, 0.25) is 5.88 Å². The maximum Gasteiger partial charge on any atom is 0.259 e. The SMILES string of the molecule is CCCOc1nc(C)ccc1C(=O)N(C)CC1CCOCC1. The van der Waals surface area contributed by atoms with Gasteiger partial charge < -0.3 is 14.4 Å². The highest BCUT2D eigenvalue weighted by Crippen LogP contribution is 2.21. The van der Waals surface area contributed by atoms with E-state index in [1.807, 2.05) is 33.0 Å². The number of hydrogen-bond acceptors (Lipinski definition) is 4. The molecule has 5 nitrogen and oxygen atoms in total. The lowest BCUT2D eigenvalue weighted by Gasteiger charge is -2.27. The van der Waals surface area contributed by atoms with Gasteiger partial charge >= 0.3 is 0 Å². The molecule has 1 saturated heterocycles. The van der Waals surface area contributed by atoms with Gasteiger partial charge in [0.25, 0.3) is 5.91 Å². The normalized spacial score (nSPS) is 15.6. The first-order chi connectivity index (χ1) is 10.6. The summed E-state index contributed by atoms with van der Waals surface area (Å²) >= 11 is 0. The molecule has 1 amide bonds. The van der Waals surface area contributed by atoms with Crippen molar-refractivity contribution in [2.75, 3.05) is 33.4 Å². The first-order valence-electron chi connectivity index (χ1n) is 8.05. The predicted octanol–water partition coefficient (Wildman–Crippen LogP) is 2.68. The number of pyridine rings is 1. The summed E-state index contributed by atoms with van der Waals surface area (Å²) in [5.74, 6) is 0.942. The van der Waals surface area contributed by atoms with E-state index in [4.69, 9.17) is 9.47 Å². The van der Waals surface area contributed by atoms with Crippen molar-refractivity contribution in [2.45, 2.75) is 33.1 Å². The third-order valence-electron chi connectivity index (χ3n) is 3.89. The molecule has 0 atom stereocenters. The Morgan fingerprint density at radius 3 is 2.82 bits per heavy atom. The smallest absolute Gasteiger partial charge is 0.259 e. The molecule has 0 aromatic carbocycles. The first kappa shape index (κ1) is 16.7. The summed E-state index contributed by atoms with van der Waals surface area (Å²) in [5, 5.41) is 0. The molecule has 122 valence electrons. The summed E-state index contributed by atoms with van der Waals surface area (Å²) in [6.07, 6.45) is 2.92. The molecule has 0 bridgehead atoms. The molecular weight excluding hydrogens is 280 g/mol. The Balaban J connectivity index is 2.06. The highest BCUT2D eigenvalue weighted by molar-refractivity contribution is 5.96. The number of carbonyl (C=O) groups excluding carboxylic acids is 1. The van der Waals surface area contributed by atoms with Gasteiger partial charge in [-0.2, -0.15) is 0 Å². The van der Waals surface area contributed by atoms with Crippen molar-refractivity contribution < 1.29 is 14.3 Å². The molecule has 2 heterocycles. The zero-order valence-electron chi connectivity index (χ0n) is 13.8. The van der Waals surface area contributed by atoms with Crippen molar-refractivity contribution >= 4 is 5.91 Å². The van der Waals surface area contributed by atoms with Crippen LogP contribution in [0.2, 0.25) is 0 Å². The standard InChI is InChI=1S/C17H26N2O3/c1-4-9-22-16-15(6-5-13(2)18-16)17(20)19(3)12-14-7-10-21-11-8-14/h5-6,14H,4,7-12H2,1-3H3. The largest absolute Gasteiger partial charge is 0.477 e. The molecule has 0 radical (unpaired) electrons. The van der Waals surface area contributed by atoms with E-state index < -0.39 is 0 Å². The number of ether oxygens (including phenoxy) is 2. The molecule has 1 fully saturated rings. The van der Waals surface area contributed by atoms with Crippen LogP contribution in [0, 0.1) is 12.8 Å². The maximum atomic E-state index is 12.7. The summed E-state index contributed by atoms with van der Waals surface area (Å²) in [6, 6.07) is 3.67. The highest BCUT2D eigenvalue weighted by atomic mass is 16.5. The van der Waals surface area contributed by atoms with Crippen molar-refractivity contribution in [3.8, 4) is 5.88 Å². The molecule has 2 rings (SSSR count). The third-order valence-corrected chi connectivity index (χ3v) is 3.89. The van der Waals surface area contributed by atoms with Crippen molar-refractivity contribution in [1.82, 2.24) is 9.88 Å². The van der Waals surface area contributed by atoms with Crippen LogP contribution in [-0.2, 0) is 4.74 Å². The minimum Gasteiger partial charge on any atom is -0.477 e. The Kier molecular flexibility index (Phi) is 6.19. The van der Waals surface area contributed by atoms with E-state index in [1.165, 1.54) is 0 Å². The average molecular weight is 306 g/mol. The Bertz CT molecular complexity index is 499. The number of nitrogens with zero attached hydrogens (tertiary/aromatic N) is 2. The van der Waals surface area contributed by atoms with Crippen molar-refractivity contribution in [3.63, 3.8) is 0 Å². The molecule has 0 aliphatic carbocycles. The van der Waals surface area contributed by atoms with Crippen LogP contribution in [0.5, 0.6) is 5.88 Å². The number of hydrogen-bond donors (Lipinski definition) is 0. The van der Waals surface area contributed by atoms with E-state index in [1.54, 1.807) is 4.90 Å². The van der Waals surface area contributed by atoms with E-state index in [2.05, 4.69) is 4.98 Å². The average Bonchev–Trinajstić information content (AvgIpc) is 2.53. The Hall–Kier alpha value is -1.62. The lowest BCUT2D eigenvalue weighted by Crippen LogP contribution is -2.34. The zero-order chi connectivity index (χ0) is 15.9. The van der Waals surface area contributed by atoms with E-state index in [-0.39, 0.29) is 5.91 Å². The van der Waals surface area contributed by atoms with Gasteiger partial charge in [-0.1, -0.05) is 6.92 Å². The van der Waals surface area contributed by atoms with Crippen LogP contribution in [0.3, 0.4) is 0 Å². The molecule has 0 spiro atoms. The predicted molar refractivity (Wildman–Crippen MR) is 85.3 cm³/mol. The van der Waals surface area contributed by atoms with E-state index in [9.17, 15) is 4.79 Å². The number of aromatic nitrogens is 1. The second kappa shape index (κ2) is 8.13. The second-order valence-electron chi connectivity index (χ2n) is 5.90. The summed E-state index contributed by atoms with van der Waals surface area (Å²) in [5.41, 5.74) is 1.41. The van der Waals surface area contributed by atoms with Gasteiger partial charge in [-0.3, -0.25) is 4.79 Å². The van der Waals surface area contributed by atoms with Crippen molar-refractivity contribution in [3.05, 3.63) is 23.4 Å². The molecule has 0 N–H and O–H groups in total. The molecule has 1 aliphatic rings. The van der Waals surface area contributed by atoms with E-state index >= 15 is 0 Å². The first-order valence-corrected chi connectivity index (χ1v) is 8.05. The molecule has 1 aromatic heterocycles. The fourth-order valence-electron chi connectivity index (χ4n) is 2.61. The Morgan fingerprint density at radius 2 is 2.14 bits per heavy atom. The van der Waals surface area contributed by atoms with Crippen LogP contribution in [0.4, 0.5) is 0 Å². The fourth-order valence-corrected chi connectivity index (χ4v) is 2.61. The van der Waals surface area contributed by atoms with Crippen LogP contribution in [0.25, 0.3) is 0 Å². The summed E-state index contributed by atoms with van der Waals surface area (Å²) in [7, 11) is 1.85. The lowest BCUT2D eigenvalue weighted by atomic mass is 9.99. The van der Waals surface area contributed by atoms with Crippen molar-refractivity contribution in [1.29, 1.82) is 0 Å². The maximum absolute atomic E-state index is 12.7. The van der Waals surface area contributed by atoms with Crippen LogP contribution in [0.1, 0.15) is 42.2 Å². The lowest BCUT2D eigenvalue weighted by molar-refractivity contribution is 0.0495. The summed E-state index contributed by atoms with van der Waals surface area (Å²) in [6.45, 7) is 6.85. The van der Waals surface area contributed by atoms with Gasteiger partial charge in [0.15, 0.2) is 0 Å². The van der Waals surface area contributed by atoms with Gasteiger partial charge in [0, 0.05) is 32.5 Å². The van der Waals surface area contributed by atoms with Gasteiger partial charge in [-0.05, 0) is 44.2 Å². The molecule has 1 aliphatic heterocycles. The molecule has 5 heteroatoms. The van der Waals surface area contributed by atoms with Crippen molar-refractivity contribution in [2.24, 2.45) is 5.92 Å².